The quantitative estimate of drug-likeness (QED) is 0.235. The zero-order chi connectivity index (χ0) is 22.1. The number of likely N-dealkylation sites (N-methyl/N-ethyl adjacent to an activating group) is 2. The molecular weight excluding hydrogens is 390 g/mol. The normalized spacial score (nSPS) is 10.5. The van der Waals surface area contributed by atoms with Gasteiger partial charge in [-0.15, -0.1) is 0 Å². The Morgan fingerprint density at radius 1 is 1.07 bits per heavy atom. The summed E-state index contributed by atoms with van der Waals surface area (Å²) in [7, 11) is 2.59. The summed E-state index contributed by atoms with van der Waals surface area (Å²) >= 11 is 0. The van der Waals surface area contributed by atoms with Gasteiger partial charge in [0, 0.05) is 25.2 Å². The topological polar surface area (TPSA) is 132 Å². The van der Waals surface area contributed by atoms with Crippen LogP contribution < -0.4 is 10.8 Å². The van der Waals surface area contributed by atoms with E-state index >= 15 is 0 Å². The molecule has 1 aromatic heterocycles. The molecular formula is C21H19N3O6. The molecule has 9 heteroatoms. The maximum Gasteiger partial charge on any atom is 0.275 e. The first-order valence-electron chi connectivity index (χ1n) is 8.65. The van der Waals surface area contributed by atoms with Gasteiger partial charge in [0.1, 0.15) is 12.4 Å². The second kappa shape index (κ2) is 10.5. The number of nitrogens with zero attached hydrogens (tertiary/aromatic N) is 1. The number of hydrogen-bond donors (Lipinski definition) is 4. The second-order valence-corrected chi connectivity index (χ2v) is 5.91. The highest BCUT2D eigenvalue weighted by Crippen LogP contribution is 2.10. The Kier molecular flexibility index (Phi) is 7.77. The van der Waals surface area contributed by atoms with E-state index in [4.69, 9.17) is 14.7 Å². The van der Waals surface area contributed by atoms with Crippen molar-refractivity contribution in [3.05, 3.63) is 59.0 Å². The summed E-state index contributed by atoms with van der Waals surface area (Å²) in [6.07, 6.45) is 0. The standard InChI is InChI=1S/C21H19N3O6/c1-22-19(26)18(20(27)23-29)24(2)21(28)15-9-7-14(8-10-15)5-3-4-6-16-11-12-17(13-25)30-16/h7-12,18,25,29H,13H2,1-2H3,(H,22,26)(H,23,27). The van der Waals surface area contributed by atoms with Crippen LogP contribution in [-0.2, 0) is 16.2 Å². The smallest absolute Gasteiger partial charge is 0.275 e. The van der Waals surface area contributed by atoms with Crippen molar-refractivity contribution in [2.24, 2.45) is 0 Å². The lowest BCUT2D eigenvalue weighted by Gasteiger charge is -2.25. The molecule has 1 atom stereocenters. The Morgan fingerprint density at radius 2 is 1.73 bits per heavy atom. The molecule has 2 aromatic rings. The van der Waals surface area contributed by atoms with Gasteiger partial charge in [0.05, 0.1) is 0 Å². The highest BCUT2D eigenvalue weighted by Gasteiger charge is 2.33. The predicted octanol–water partition coefficient (Wildman–Crippen LogP) is -0.133. The number of aliphatic hydroxyl groups is 1. The van der Waals surface area contributed by atoms with Crippen molar-refractivity contribution in [3.8, 4) is 23.7 Å². The maximum absolute atomic E-state index is 12.6. The second-order valence-electron chi connectivity index (χ2n) is 5.91. The molecule has 1 heterocycles. The van der Waals surface area contributed by atoms with Gasteiger partial charge in [-0.05, 0) is 54.2 Å². The minimum Gasteiger partial charge on any atom is -0.450 e. The lowest BCUT2D eigenvalue weighted by Crippen LogP contribution is -2.54. The van der Waals surface area contributed by atoms with Crippen LogP contribution in [-0.4, -0.2) is 53.1 Å². The van der Waals surface area contributed by atoms with Crippen LogP contribution >= 0.6 is 0 Å². The number of rotatable bonds is 5. The number of amides is 3. The van der Waals surface area contributed by atoms with E-state index in [1.165, 1.54) is 31.7 Å². The summed E-state index contributed by atoms with van der Waals surface area (Å²) in [6, 6.07) is 7.88. The van der Waals surface area contributed by atoms with Crippen LogP contribution in [0.25, 0.3) is 0 Å². The van der Waals surface area contributed by atoms with Crippen LogP contribution in [0.5, 0.6) is 0 Å². The summed E-state index contributed by atoms with van der Waals surface area (Å²) in [5, 5.41) is 20.0. The predicted molar refractivity (Wildman–Crippen MR) is 105 cm³/mol. The van der Waals surface area contributed by atoms with Gasteiger partial charge >= 0.3 is 0 Å². The highest BCUT2D eigenvalue weighted by atomic mass is 16.5. The third kappa shape index (κ3) is 5.49. The van der Waals surface area contributed by atoms with Crippen molar-refractivity contribution in [2.45, 2.75) is 12.6 Å². The Labute approximate surface area is 172 Å². The lowest BCUT2D eigenvalue weighted by molar-refractivity contribution is -0.140. The highest BCUT2D eigenvalue weighted by molar-refractivity contribution is 6.08. The first-order chi connectivity index (χ1) is 14.4. The SMILES string of the molecule is CNC(=O)C(C(=O)NO)N(C)C(=O)c1ccc(C#CC#Cc2ccc(CO)o2)cc1. The molecule has 0 spiro atoms. The number of carbonyl (C=O) groups excluding carboxylic acids is 3. The maximum atomic E-state index is 12.6. The first-order valence-corrected chi connectivity index (χ1v) is 8.65. The van der Waals surface area contributed by atoms with Crippen LogP contribution in [0, 0.1) is 23.7 Å². The molecule has 0 saturated heterocycles. The van der Waals surface area contributed by atoms with Crippen molar-refractivity contribution in [1.82, 2.24) is 15.7 Å². The molecule has 4 N–H and O–H groups in total. The molecule has 9 nitrogen and oxygen atoms in total. The van der Waals surface area contributed by atoms with Gasteiger partial charge in [0.25, 0.3) is 17.7 Å². The van der Waals surface area contributed by atoms with Gasteiger partial charge in [-0.1, -0.05) is 5.92 Å². The van der Waals surface area contributed by atoms with Crippen molar-refractivity contribution < 1.29 is 29.1 Å². The molecule has 0 aliphatic carbocycles. The molecule has 0 fully saturated rings. The number of benzene rings is 1. The summed E-state index contributed by atoms with van der Waals surface area (Å²) < 4.78 is 5.21. The molecule has 1 aromatic carbocycles. The molecule has 0 bridgehead atoms. The van der Waals surface area contributed by atoms with Crippen molar-refractivity contribution >= 4 is 17.7 Å². The van der Waals surface area contributed by atoms with Crippen LogP contribution in [0.1, 0.15) is 27.4 Å². The van der Waals surface area contributed by atoms with Gasteiger partial charge in [-0.2, -0.15) is 0 Å². The van der Waals surface area contributed by atoms with E-state index in [1.54, 1.807) is 24.3 Å². The van der Waals surface area contributed by atoms with Gasteiger partial charge in [-0.3, -0.25) is 19.6 Å². The van der Waals surface area contributed by atoms with Gasteiger partial charge in [0.2, 0.25) is 0 Å². The molecule has 30 heavy (non-hydrogen) atoms. The zero-order valence-corrected chi connectivity index (χ0v) is 16.2. The van der Waals surface area contributed by atoms with E-state index in [2.05, 4.69) is 29.0 Å². The molecule has 3 amide bonds. The van der Waals surface area contributed by atoms with Crippen LogP contribution in [0.15, 0.2) is 40.8 Å². The van der Waals surface area contributed by atoms with Crippen LogP contribution in [0.3, 0.4) is 0 Å². The minimum absolute atomic E-state index is 0.206. The summed E-state index contributed by atoms with van der Waals surface area (Å²) in [6.45, 7) is -0.206. The Morgan fingerprint density at radius 3 is 2.30 bits per heavy atom. The number of furan rings is 1. The fourth-order valence-electron chi connectivity index (χ4n) is 2.41. The lowest BCUT2D eigenvalue weighted by atomic mass is 10.1. The van der Waals surface area contributed by atoms with Crippen molar-refractivity contribution in [3.63, 3.8) is 0 Å². The van der Waals surface area contributed by atoms with E-state index < -0.39 is 23.8 Å². The average molecular weight is 409 g/mol. The fourth-order valence-corrected chi connectivity index (χ4v) is 2.41. The van der Waals surface area contributed by atoms with Gasteiger partial charge in [0.15, 0.2) is 11.8 Å². The summed E-state index contributed by atoms with van der Waals surface area (Å²) in [5.74, 6) is 9.20. The molecule has 2 rings (SSSR count). The molecule has 1 unspecified atom stereocenters. The van der Waals surface area contributed by atoms with E-state index in [0.29, 0.717) is 17.1 Å². The Hall–Kier alpha value is -4.05. The van der Waals surface area contributed by atoms with Crippen LogP contribution in [0.4, 0.5) is 0 Å². The first kappa shape index (κ1) is 22.2. The number of hydroxylamine groups is 1. The third-order valence-electron chi connectivity index (χ3n) is 3.97. The Bertz CT molecular complexity index is 1030. The Balaban J connectivity index is 2.10. The third-order valence-corrected chi connectivity index (χ3v) is 3.97. The van der Waals surface area contributed by atoms with Gasteiger partial charge in [-0.25, -0.2) is 5.48 Å². The molecule has 154 valence electrons. The van der Waals surface area contributed by atoms with Crippen molar-refractivity contribution in [1.29, 1.82) is 0 Å². The molecule has 0 saturated carbocycles. The molecule has 0 aliphatic heterocycles. The monoisotopic (exact) mass is 409 g/mol. The number of carbonyl (C=O) groups is 3. The van der Waals surface area contributed by atoms with Crippen LogP contribution in [0.2, 0.25) is 0 Å². The molecule has 0 aliphatic rings. The summed E-state index contributed by atoms with van der Waals surface area (Å²) in [4.78, 5) is 37.1. The minimum atomic E-state index is -1.53. The number of nitrogens with one attached hydrogen (secondary N) is 2. The van der Waals surface area contributed by atoms with E-state index in [1.807, 2.05) is 0 Å². The fraction of sp³-hybridized carbons (Fsp3) is 0.190. The molecule has 0 radical (unpaired) electrons. The van der Waals surface area contributed by atoms with Gasteiger partial charge < -0.3 is 19.7 Å². The zero-order valence-electron chi connectivity index (χ0n) is 16.2. The number of hydrogen-bond acceptors (Lipinski definition) is 6. The van der Waals surface area contributed by atoms with E-state index in [9.17, 15) is 14.4 Å². The average Bonchev–Trinajstić information content (AvgIpc) is 3.24. The van der Waals surface area contributed by atoms with E-state index in [0.717, 1.165) is 4.90 Å². The number of aliphatic hydroxyl groups excluding tert-OH is 1. The summed E-state index contributed by atoms with van der Waals surface area (Å²) in [5.41, 5.74) is 2.19. The largest absolute Gasteiger partial charge is 0.450 e. The van der Waals surface area contributed by atoms with E-state index in [-0.39, 0.29) is 12.2 Å². The van der Waals surface area contributed by atoms with Crippen molar-refractivity contribution in [2.75, 3.05) is 14.1 Å².